The lowest BCUT2D eigenvalue weighted by Gasteiger charge is -2.25. The molecular weight excluding hydrogens is 258 g/mol. The minimum atomic E-state index is 0.356. The summed E-state index contributed by atoms with van der Waals surface area (Å²) in [6, 6.07) is 16.9. The number of likely N-dealkylation sites (N-methyl/N-ethyl adjacent to an activating group) is 1. The Hall–Kier alpha value is -1.80. The summed E-state index contributed by atoms with van der Waals surface area (Å²) in [7, 11) is 0. The monoisotopic (exact) mass is 281 g/mol. The predicted molar refractivity (Wildman–Crippen MR) is 86.8 cm³/mol. The van der Waals surface area contributed by atoms with E-state index < -0.39 is 0 Å². The van der Waals surface area contributed by atoms with Crippen LogP contribution in [0.2, 0.25) is 0 Å². The van der Waals surface area contributed by atoms with Gasteiger partial charge in [-0.25, -0.2) is 0 Å². The van der Waals surface area contributed by atoms with Gasteiger partial charge >= 0.3 is 0 Å². The second-order valence-electron chi connectivity index (χ2n) is 5.88. The molecule has 1 aliphatic rings. The van der Waals surface area contributed by atoms with Crippen LogP contribution in [0.15, 0.2) is 48.5 Å². The molecule has 0 spiro atoms. The highest BCUT2D eigenvalue weighted by molar-refractivity contribution is 5.37. The van der Waals surface area contributed by atoms with Gasteiger partial charge < -0.3 is 10.4 Å². The number of phenolic OH excluding ortho intramolecular Hbond substituents is 1. The zero-order valence-corrected chi connectivity index (χ0v) is 12.5. The van der Waals surface area contributed by atoms with Crippen LogP contribution in [-0.4, -0.2) is 17.7 Å². The van der Waals surface area contributed by atoms with E-state index in [1.165, 1.54) is 29.5 Å². The Bertz CT molecular complexity index is 608. The average molecular weight is 281 g/mol. The Balaban J connectivity index is 1.82. The van der Waals surface area contributed by atoms with Crippen LogP contribution in [0.3, 0.4) is 0 Å². The van der Waals surface area contributed by atoms with Crippen LogP contribution in [-0.2, 0) is 12.8 Å². The number of hydrogen-bond donors (Lipinski definition) is 2. The molecule has 0 heterocycles. The highest BCUT2D eigenvalue weighted by Crippen LogP contribution is 2.36. The normalized spacial score (nSPS) is 18.4. The van der Waals surface area contributed by atoms with Crippen molar-refractivity contribution < 1.29 is 5.11 Å². The predicted octanol–water partition coefficient (Wildman–Crippen LogP) is 3.64. The van der Waals surface area contributed by atoms with Crippen molar-refractivity contribution in [2.45, 2.75) is 38.1 Å². The standard InChI is InChI=1S/C19H23NO/c1-2-20-19(13-14-6-5-8-16(21)12-14)18-11-10-15-7-3-4-9-17(15)18/h3-9,12,18-21H,2,10-11,13H2,1H3. The van der Waals surface area contributed by atoms with Crippen molar-refractivity contribution in [3.8, 4) is 5.75 Å². The molecule has 0 aromatic heterocycles. The van der Waals surface area contributed by atoms with E-state index >= 15 is 0 Å². The number of aromatic hydroxyl groups is 1. The summed E-state index contributed by atoms with van der Waals surface area (Å²) >= 11 is 0. The number of rotatable bonds is 5. The molecule has 2 nitrogen and oxygen atoms in total. The third kappa shape index (κ3) is 3.11. The van der Waals surface area contributed by atoms with E-state index in [1.807, 2.05) is 12.1 Å². The van der Waals surface area contributed by atoms with Crippen molar-refractivity contribution in [3.63, 3.8) is 0 Å². The van der Waals surface area contributed by atoms with Crippen LogP contribution in [0.4, 0.5) is 0 Å². The highest BCUT2D eigenvalue weighted by Gasteiger charge is 2.29. The topological polar surface area (TPSA) is 32.3 Å². The van der Waals surface area contributed by atoms with Crippen molar-refractivity contribution in [2.24, 2.45) is 0 Å². The number of nitrogens with one attached hydrogen (secondary N) is 1. The zero-order chi connectivity index (χ0) is 14.7. The van der Waals surface area contributed by atoms with Gasteiger partial charge in [0.05, 0.1) is 0 Å². The molecule has 1 aliphatic carbocycles. The third-order valence-electron chi connectivity index (χ3n) is 4.50. The van der Waals surface area contributed by atoms with Gasteiger partial charge in [0.1, 0.15) is 5.75 Å². The second-order valence-corrected chi connectivity index (χ2v) is 5.88. The van der Waals surface area contributed by atoms with Gasteiger partial charge in [-0.1, -0.05) is 43.3 Å². The largest absolute Gasteiger partial charge is 0.508 e. The lowest BCUT2D eigenvalue weighted by Crippen LogP contribution is -2.36. The first-order valence-electron chi connectivity index (χ1n) is 7.87. The Kier molecular flexibility index (Phi) is 4.26. The van der Waals surface area contributed by atoms with E-state index in [4.69, 9.17) is 0 Å². The maximum Gasteiger partial charge on any atom is 0.115 e. The molecule has 0 saturated carbocycles. The van der Waals surface area contributed by atoms with E-state index in [9.17, 15) is 5.11 Å². The molecule has 2 aromatic carbocycles. The summed E-state index contributed by atoms with van der Waals surface area (Å²) in [5.74, 6) is 0.929. The summed E-state index contributed by atoms with van der Waals surface area (Å²) in [5, 5.41) is 13.3. The van der Waals surface area contributed by atoms with Gasteiger partial charge in [-0.3, -0.25) is 0 Å². The molecule has 0 radical (unpaired) electrons. The number of hydrogen-bond acceptors (Lipinski definition) is 2. The Labute approximate surface area is 126 Å². The van der Waals surface area contributed by atoms with E-state index in [2.05, 4.69) is 42.6 Å². The van der Waals surface area contributed by atoms with E-state index in [1.54, 1.807) is 6.07 Å². The van der Waals surface area contributed by atoms with Crippen LogP contribution >= 0.6 is 0 Å². The number of benzene rings is 2. The van der Waals surface area contributed by atoms with E-state index in [-0.39, 0.29) is 0 Å². The number of fused-ring (bicyclic) bond motifs is 1. The maximum absolute atomic E-state index is 9.66. The second kappa shape index (κ2) is 6.31. The van der Waals surface area contributed by atoms with Crippen LogP contribution < -0.4 is 5.32 Å². The molecule has 0 bridgehead atoms. The summed E-state index contributed by atoms with van der Waals surface area (Å²) < 4.78 is 0. The zero-order valence-electron chi connectivity index (χ0n) is 12.5. The van der Waals surface area contributed by atoms with Gasteiger partial charge in [0.25, 0.3) is 0 Å². The summed E-state index contributed by atoms with van der Waals surface area (Å²) in [5.41, 5.74) is 4.20. The Morgan fingerprint density at radius 3 is 2.86 bits per heavy atom. The fraction of sp³-hybridized carbons (Fsp3) is 0.368. The van der Waals surface area contributed by atoms with Gasteiger partial charge in [0, 0.05) is 12.0 Å². The van der Waals surface area contributed by atoms with Crippen LogP contribution in [0.1, 0.15) is 36.0 Å². The SMILES string of the molecule is CCNC(Cc1cccc(O)c1)C1CCc2ccccc21. The molecule has 0 saturated heterocycles. The lowest BCUT2D eigenvalue weighted by atomic mass is 9.88. The molecule has 0 amide bonds. The van der Waals surface area contributed by atoms with E-state index in [0.29, 0.717) is 17.7 Å². The summed E-state index contributed by atoms with van der Waals surface area (Å²) in [6.07, 6.45) is 3.36. The molecule has 3 rings (SSSR count). The van der Waals surface area contributed by atoms with Crippen molar-refractivity contribution in [2.75, 3.05) is 6.54 Å². The Morgan fingerprint density at radius 2 is 2.05 bits per heavy atom. The number of aryl methyl sites for hydroxylation is 1. The smallest absolute Gasteiger partial charge is 0.115 e. The van der Waals surface area contributed by atoms with Gasteiger partial charge in [-0.15, -0.1) is 0 Å². The molecule has 21 heavy (non-hydrogen) atoms. The van der Waals surface area contributed by atoms with Crippen LogP contribution in [0, 0.1) is 0 Å². The van der Waals surface area contributed by atoms with Crippen molar-refractivity contribution in [1.29, 1.82) is 0 Å². The van der Waals surface area contributed by atoms with Gasteiger partial charge in [0.15, 0.2) is 0 Å². The molecule has 0 aliphatic heterocycles. The lowest BCUT2D eigenvalue weighted by molar-refractivity contribution is 0.433. The third-order valence-corrected chi connectivity index (χ3v) is 4.50. The van der Waals surface area contributed by atoms with Crippen molar-refractivity contribution >= 4 is 0 Å². The van der Waals surface area contributed by atoms with Gasteiger partial charge in [0.2, 0.25) is 0 Å². The quantitative estimate of drug-likeness (QED) is 0.877. The molecule has 2 N–H and O–H groups in total. The van der Waals surface area contributed by atoms with Crippen LogP contribution in [0.25, 0.3) is 0 Å². The molecule has 0 fully saturated rings. The molecule has 2 heteroatoms. The van der Waals surface area contributed by atoms with Crippen molar-refractivity contribution in [1.82, 2.24) is 5.32 Å². The van der Waals surface area contributed by atoms with Gasteiger partial charge in [-0.05, 0) is 54.6 Å². The van der Waals surface area contributed by atoms with Gasteiger partial charge in [-0.2, -0.15) is 0 Å². The van der Waals surface area contributed by atoms with E-state index in [0.717, 1.165) is 13.0 Å². The molecule has 2 unspecified atom stereocenters. The number of phenols is 1. The summed E-state index contributed by atoms with van der Waals surface area (Å²) in [6.45, 7) is 3.14. The fourth-order valence-corrected chi connectivity index (χ4v) is 3.56. The summed E-state index contributed by atoms with van der Waals surface area (Å²) in [4.78, 5) is 0. The Morgan fingerprint density at radius 1 is 1.19 bits per heavy atom. The van der Waals surface area contributed by atoms with Crippen molar-refractivity contribution in [3.05, 3.63) is 65.2 Å². The average Bonchev–Trinajstić information content (AvgIpc) is 2.91. The first kappa shape index (κ1) is 14.2. The fourth-order valence-electron chi connectivity index (χ4n) is 3.56. The minimum Gasteiger partial charge on any atom is -0.508 e. The minimum absolute atomic E-state index is 0.356. The first-order valence-corrected chi connectivity index (χ1v) is 7.87. The first-order chi connectivity index (χ1) is 10.3. The molecule has 2 atom stereocenters. The molecule has 2 aromatic rings. The molecular formula is C19H23NO. The maximum atomic E-state index is 9.66. The molecule has 110 valence electrons. The van der Waals surface area contributed by atoms with Crippen LogP contribution in [0.5, 0.6) is 5.75 Å². The highest BCUT2D eigenvalue weighted by atomic mass is 16.3.